The fourth-order valence-electron chi connectivity index (χ4n) is 2.20. The molecule has 2 rings (SSSR count). The third kappa shape index (κ3) is 5.14. The number of carbonyl (C=O) groups is 1. The minimum atomic E-state index is -3.64. The molecule has 0 aliphatic carbocycles. The maximum absolute atomic E-state index is 12.4. The van der Waals surface area contributed by atoms with Gasteiger partial charge in [0.25, 0.3) is 0 Å². The largest absolute Gasteiger partial charge is 0.323 e. The molecule has 1 N–H and O–H groups in total. The van der Waals surface area contributed by atoms with Crippen molar-refractivity contribution in [1.29, 1.82) is 0 Å². The van der Waals surface area contributed by atoms with Crippen LogP contribution in [0, 0.1) is 6.92 Å². The van der Waals surface area contributed by atoms with Gasteiger partial charge >= 0.3 is 0 Å². The Balaban J connectivity index is 2.25. The fraction of sp³-hybridized carbons (Fsp3) is 0.235. The van der Waals surface area contributed by atoms with E-state index in [1.165, 1.54) is 11.8 Å². The van der Waals surface area contributed by atoms with E-state index in [1.807, 2.05) is 31.4 Å². The van der Waals surface area contributed by atoms with Crippen LogP contribution in [0.15, 0.2) is 47.4 Å². The van der Waals surface area contributed by atoms with Crippen molar-refractivity contribution in [3.63, 3.8) is 0 Å². The van der Waals surface area contributed by atoms with Crippen molar-refractivity contribution >= 4 is 50.7 Å². The molecule has 0 aromatic heterocycles. The number of hydrogen-bond donors (Lipinski definition) is 1. The van der Waals surface area contributed by atoms with Gasteiger partial charge in [-0.15, -0.1) is 11.8 Å². The molecule has 8 heteroatoms. The predicted octanol–water partition coefficient (Wildman–Crippen LogP) is 3.78. The van der Waals surface area contributed by atoms with Crippen molar-refractivity contribution in [2.75, 3.05) is 28.7 Å². The number of thioether (sulfide) groups is 1. The standard InChI is InChI=1S/C17H19ClN2O3S2/c1-12-8-9-13(10-14(12)18)20(25(3,22)23)11-17(21)19-15-6-4-5-7-16(15)24-2/h4-10H,11H2,1-3H3,(H,19,21). The van der Waals surface area contributed by atoms with Gasteiger partial charge in [0, 0.05) is 9.92 Å². The average molecular weight is 399 g/mol. The summed E-state index contributed by atoms with van der Waals surface area (Å²) in [7, 11) is -3.64. The van der Waals surface area contributed by atoms with Crippen LogP contribution in [0.5, 0.6) is 0 Å². The number of carbonyl (C=O) groups excluding carboxylic acids is 1. The van der Waals surface area contributed by atoms with Crippen LogP contribution in [0.3, 0.4) is 0 Å². The van der Waals surface area contributed by atoms with Gasteiger partial charge in [-0.2, -0.15) is 0 Å². The van der Waals surface area contributed by atoms with Crippen LogP contribution in [-0.2, 0) is 14.8 Å². The van der Waals surface area contributed by atoms with E-state index < -0.39 is 15.9 Å². The van der Waals surface area contributed by atoms with E-state index in [0.717, 1.165) is 21.0 Å². The molecule has 2 aromatic carbocycles. The van der Waals surface area contributed by atoms with E-state index in [2.05, 4.69) is 5.32 Å². The third-order valence-corrected chi connectivity index (χ3v) is 5.86. The molecule has 0 aliphatic heterocycles. The molecule has 0 atom stereocenters. The quantitative estimate of drug-likeness (QED) is 0.752. The van der Waals surface area contributed by atoms with E-state index in [0.29, 0.717) is 16.4 Å². The van der Waals surface area contributed by atoms with Crippen LogP contribution in [0.2, 0.25) is 5.02 Å². The number of halogens is 1. The van der Waals surface area contributed by atoms with Crippen molar-refractivity contribution in [3.8, 4) is 0 Å². The first-order valence-electron chi connectivity index (χ1n) is 7.39. The number of benzene rings is 2. The molecule has 0 heterocycles. The monoisotopic (exact) mass is 398 g/mol. The van der Waals surface area contributed by atoms with Crippen LogP contribution < -0.4 is 9.62 Å². The molecule has 134 valence electrons. The van der Waals surface area contributed by atoms with Crippen LogP contribution >= 0.6 is 23.4 Å². The first-order chi connectivity index (χ1) is 11.7. The van der Waals surface area contributed by atoms with Gasteiger partial charge in [0.1, 0.15) is 6.54 Å². The van der Waals surface area contributed by atoms with Crippen molar-refractivity contribution in [1.82, 2.24) is 0 Å². The summed E-state index contributed by atoms with van der Waals surface area (Å²) in [5.41, 5.74) is 1.83. The fourth-order valence-corrected chi connectivity index (χ4v) is 3.78. The Bertz CT molecular complexity index is 885. The number of rotatable bonds is 6. The van der Waals surface area contributed by atoms with Crippen LogP contribution in [-0.4, -0.2) is 33.4 Å². The Labute approximate surface area is 157 Å². The predicted molar refractivity (Wildman–Crippen MR) is 105 cm³/mol. The molecule has 5 nitrogen and oxygen atoms in total. The zero-order valence-electron chi connectivity index (χ0n) is 14.1. The highest BCUT2D eigenvalue weighted by Crippen LogP contribution is 2.26. The van der Waals surface area contributed by atoms with E-state index in [1.54, 1.807) is 24.3 Å². The number of aryl methyl sites for hydroxylation is 1. The summed E-state index contributed by atoms with van der Waals surface area (Å²) >= 11 is 7.59. The Morgan fingerprint density at radius 2 is 1.92 bits per heavy atom. The lowest BCUT2D eigenvalue weighted by Gasteiger charge is -2.22. The lowest BCUT2D eigenvalue weighted by atomic mass is 10.2. The number of hydrogen-bond acceptors (Lipinski definition) is 4. The maximum atomic E-state index is 12.4. The van der Waals surface area contributed by atoms with E-state index in [4.69, 9.17) is 11.6 Å². The summed E-state index contributed by atoms with van der Waals surface area (Å²) in [6.45, 7) is 1.49. The number of para-hydroxylation sites is 1. The van der Waals surface area contributed by atoms with Crippen LogP contribution in [0.1, 0.15) is 5.56 Å². The van der Waals surface area contributed by atoms with Crippen molar-refractivity contribution in [2.24, 2.45) is 0 Å². The molecule has 0 bridgehead atoms. The van der Waals surface area contributed by atoms with Gasteiger partial charge in [0.15, 0.2) is 0 Å². The maximum Gasteiger partial charge on any atom is 0.245 e. The normalized spacial score (nSPS) is 11.2. The second-order valence-corrected chi connectivity index (χ2v) is 8.61. The molecule has 0 unspecified atom stereocenters. The van der Waals surface area contributed by atoms with Crippen LogP contribution in [0.25, 0.3) is 0 Å². The highest BCUT2D eigenvalue weighted by Gasteiger charge is 2.21. The molecular weight excluding hydrogens is 380 g/mol. The SMILES string of the molecule is CSc1ccccc1NC(=O)CN(c1ccc(C)c(Cl)c1)S(C)(=O)=O. The minimum Gasteiger partial charge on any atom is -0.323 e. The molecule has 0 aliphatic rings. The van der Waals surface area contributed by atoms with E-state index >= 15 is 0 Å². The number of nitrogens with one attached hydrogen (secondary N) is 1. The first-order valence-corrected chi connectivity index (χ1v) is 10.8. The van der Waals surface area contributed by atoms with Gasteiger partial charge in [0.05, 0.1) is 17.6 Å². The molecule has 0 saturated carbocycles. The zero-order chi connectivity index (χ0) is 18.6. The lowest BCUT2D eigenvalue weighted by Crippen LogP contribution is -2.37. The third-order valence-electron chi connectivity index (χ3n) is 3.51. The summed E-state index contributed by atoms with van der Waals surface area (Å²) in [5.74, 6) is -0.427. The van der Waals surface area contributed by atoms with Crippen molar-refractivity contribution in [3.05, 3.63) is 53.1 Å². The molecular formula is C17H19ClN2O3S2. The van der Waals surface area contributed by atoms with Crippen LogP contribution in [0.4, 0.5) is 11.4 Å². The van der Waals surface area contributed by atoms with Gasteiger partial charge in [-0.25, -0.2) is 8.42 Å². The first kappa shape index (κ1) is 19.6. The van der Waals surface area contributed by atoms with Crippen molar-refractivity contribution in [2.45, 2.75) is 11.8 Å². The van der Waals surface area contributed by atoms with E-state index in [-0.39, 0.29) is 6.54 Å². The Morgan fingerprint density at radius 1 is 1.24 bits per heavy atom. The summed E-state index contributed by atoms with van der Waals surface area (Å²) in [5, 5.41) is 3.20. The van der Waals surface area contributed by atoms with Crippen molar-refractivity contribution < 1.29 is 13.2 Å². The number of nitrogens with zero attached hydrogens (tertiary/aromatic N) is 1. The van der Waals surface area contributed by atoms with Gasteiger partial charge in [-0.3, -0.25) is 9.10 Å². The highest BCUT2D eigenvalue weighted by atomic mass is 35.5. The Kier molecular flexibility index (Phi) is 6.37. The average Bonchev–Trinajstić information content (AvgIpc) is 2.55. The van der Waals surface area contributed by atoms with E-state index in [9.17, 15) is 13.2 Å². The minimum absolute atomic E-state index is 0.332. The smallest absolute Gasteiger partial charge is 0.245 e. The Hall–Kier alpha value is -1.70. The molecule has 0 radical (unpaired) electrons. The number of amides is 1. The second-order valence-electron chi connectivity index (χ2n) is 5.45. The molecule has 0 fully saturated rings. The summed E-state index contributed by atoms with van der Waals surface area (Å²) in [4.78, 5) is 13.3. The summed E-state index contributed by atoms with van der Waals surface area (Å²) in [6, 6.07) is 12.2. The van der Waals surface area contributed by atoms with Gasteiger partial charge in [-0.05, 0) is 43.0 Å². The van der Waals surface area contributed by atoms with Gasteiger partial charge in [0.2, 0.25) is 15.9 Å². The zero-order valence-corrected chi connectivity index (χ0v) is 16.5. The van der Waals surface area contributed by atoms with Gasteiger partial charge in [-0.1, -0.05) is 29.8 Å². The second kappa shape index (κ2) is 8.12. The summed E-state index contributed by atoms with van der Waals surface area (Å²) < 4.78 is 25.3. The lowest BCUT2D eigenvalue weighted by molar-refractivity contribution is -0.114. The molecule has 0 spiro atoms. The number of anilines is 2. The van der Waals surface area contributed by atoms with Gasteiger partial charge < -0.3 is 5.32 Å². The molecule has 1 amide bonds. The summed E-state index contributed by atoms with van der Waals surface area (Å²) in [6.07, 6.45) is 2.96. The molecule has 2 aromatic rings. The number of sulfonamides is 1. The molecule has 25 heavy (non-hydrogen) atoms. The Morgan fingerprint density at radius 3 is 2.52 bits per heavy atom. The highest BCUT2D eigenvalue weighted by molar-refractivity contribution is 7.98. The molecule has 0 saturated heterocycles. The topological polar surface area (TPSA) is 66.5 Å².